The summed E-state index contributed by atoms with van der Waals surface area (Å²) in [6.07, 6.45) is 4.73. The van der Waals surface area contributed by atoms with Crippen LogP contribution in [0.3, 0.4) is 0 Å². The van der Waals surface area contributed by atoms with Crippen LogP contribution in [0.25, 0.3) is 0 Å². The van der Waals surface area contributed by atoms with E-state index in [0.29, 0.717) is 12.4 Å². The van der Waals surface area contributed by atoms with Crippen molar-refractivity contribution in [2.75, 3.05) is 38.3 Å². The van der Waals surface area contributed by atoms with Crippen molar-refractivity contribution in [3.8, 4) is 5.88 Å². The molecule has 0 radical (unpaired) electrons. The minimum absolute atomic E-state index is 0.0180. The molecule has 1 aromatic heterocycles. The van der Waals surface area contributed by atoms with Gasteiger partial charge in [-0.3, -0.25) is 4.79 Å². The van der Waals surface area contributed by atoms with Crippen LogP contribution in [0.2, 0.25) is 0 Å². The highest BCUT2D eigenvalue weighted by molar-refractivity contribution is 5.77. The molecule has 2 fully saturated rings. The SMILES string of the molecule is COc1cc(N2CC[C@@H]3OCC[C@]3(CCNC(=O)C(C)C)C2)ncn1. The van der Waals surface area contributed by atoms with Gasteiger partial charge in [-0.05, 0) is 19.3 Å². The van der Waals surface area contributed by atoms with Gasteiger partial charge in [0.2, 0.25) is 11.8 Å². The third-order valence-electron chi connectivity index (χ3n) is 5.38. The maximum absolute atomic E-state index is 11.8. The molecular weight excluding hydrogens is 320 g/mol. The molecule has 0 spiro atoms. The number of aromatic nitrogens is 2. The summed E-state index contributed by atoms with van der Waals surface area (Å²) in [4.78, 5) is 22.6. The lowest BCUT2D eigenvalue weighted by Crippen LogP contribution is -2.51. The summed E-state index contributed by atoms with van der Waals surface area (Å²) >= 11 is 0. The van der Waals surface area contributed by atoms with E-state index in [4.69, 9.17) is 9.47 Å². The zero-order valence-corrected chi connectivity index (χ0v) is 15.3. The van der Waals surface area contributed by atoms with Gasteiger partial charge in [0.15, 0.2) is 0 Å². The van der Waals surface area contributed by atoms with Gasteiger partial charge in [0.05, 0.1) is 13.2 Å². The highest BCUT2D eigenvalue weighted by atomic mass is 16.5. The van der Waals surface area contributed by atoms with Gasteiger partial charge in [-0.2, -0.15) is 0 Å². The van der Waals surface area contributed by atoms with Crippen LogP contribution in [0.15, 0.2) is 12.4 Å². The molecule has 7 heteroatoms. The Morgan fingerprint density at radius 2 is 2.36 bits per heavy atom. The van der Waals surface area contributed by atoms with E-state index < -0.39 is 0 Å². The van der Waals surface area contributed by atoms with Crippen LogP contribution in [-0.2, 0) is 9.53 Å². The van der Waals surface area contributed by atoms with Crippen LogP contribution < -0.4 is 15.0 Å². The van der Waals surface area contributed by atoms with Gasteiger partial charge in [-0.25, -0.2) is 9.97 Å². The second-order valence-electron chi connectivity index (χ2n) is 7.30. The Morgan fingerprint density at radius 1 is 1.52 bits per heavy atom. The third kappa shape index (κ3) is 3.86. The number of carbonyl (C=O) groups is 1. The predicted octanol–water partition coefficient (Wildman–Crippen LogP) is 1.63. The highest BCUT2D eigenvalue weighted by Gasteiger charge is 2.47. The topological polar surface area (TPSA) is 76.6 Å². The highest BCUT2D eigenvalue weighted by Crippen LogP contribution is 2.44. The van der Waals surface area contributed by atoms with Crippen LogP contribution in [0.1, 0.15) is 33.1 Å². The molecule has 3 heterocycles. The Morgan fingerprint density at radius 3 is 3.12 bits per heavy atom. The Hall–Kier alpha value is -1.89. The van der Waals surface area contributed by atoms with Crippen LogP contribution in [0, 0.1) is 11.3 Å². The average molecular weight is 348 g/mol. The maximum Gasteiger partial charge on any atom is 0.222 e. The molecule has 0 unspecified atom stereocenters. The molecule has 138 valence electrons. The zero-order chi connectivity index (χ0) is 17.9. The van der Waals surface area contributed by atoms with Crippen LogP contribution in [-0.4, -0.2) is 55.3 Å². The molecule has 0 bridgehead atoms. The molecule has 1 amide bonds. The minimum Gasteiger partial charge on any atom is -0.481 e. The van der Waals surface area contributed by atoms with Gasteiger partial charge in [0.25, 0.3) is 0 Å². The molecule has 0 saturated carbocycles. The number of amides is 1. The summed E-state index contributed by atoms with van der Waals surface area (Å²) in [6.45, 7) is 7.11. The molecule has 7 nitrogen and oxygen atoms in total. The lowest BCUT2D eigenvalue weighted by atomic mass is 9.74. The summed E-state index contributed by atoms with van der Waals surface area (Å²) < 4.78 is 11.2. The Balaban J connectivity index is 1.69. The standard InChI is InChI=1S/C18H28N4O3/c1-13(2)17(23)19-7-5-18-6-9-25-14(18)4-8-22(11-18)15-10-16(24-3)21-12-20-15/h10,12-14H,4-9,11H2,1-3H3,(H,19,23)/t14-,18+/m0/s1. The van der Waals surface area contributed by atoms with Gasteiger partial charge in [-0.15, -0.1) is 0 Å². The molecule has 0 aliphatic carbocycles. The van der Waals surface area contributed by atoms with E-state index in [-0.39, 0.29) is 23.3 Å². The largest absolute Gasteiger partial charge is 0.481 e. The Labute approximate surface area is 149 Å². The third-order valence-corrected chi connectivity index (χ3v) is 5.38. The van der Waals surface area contributed by atoms with Gasteiger partial charge in [0.1, 0.15) is 12.1 Å². The predicted molar refractivity (Wildman–Crippen MR) is 94.7 cm³/mol. The van der Waals surface area contributed by atoms with E-state index >= 15 is 0 Å². The number of nitrogens with zero attached hydrogens (tertiary/aromatic N) is 3. The first-order valence-electron chi connectivity index (χ1n) is 9.04. The van der Waals surface area contributed by atoms with Crippen molar-refractivity contribution in [2.45, 2.75) is 39.2 Å². The summed E-state index contributed by atoms with van der Waals surface area (Å²) in [7, 11) is 1.61. The first-order valence-corrected chi connectivity index (χ1v) is 9.04. The van der Waals surface area contributed by atoms with Gasteiger partial charge in [0, 0.05) is 43.6 Å². The number of fused-ring (bicyclic) bond motifs is 1. The van der Waals surface area contributed by atoms with E-state index in [1.165, 1.54) is 0 Å². The van der Waals surface area contributed by atoms with E-state index in [1.54, 1.807) is 13.4 Å². The number of piperidine rings is 1. The summed E-state index contributed by atoms with van der Waals surface area (Å²) in [6, 6.07) is 1.88. The lowest BCUT2D eigenvalue weighted by molar-refractivity contribution is -0.124. The van der Waals surface area contributed by atoms with Crippen molar-refractivity contribution in [2.24, 2.45) is 11.3 Å². The van der Waals surface area contributed by atoms with Crippen LogP contribution in [0.4, 0.5) is 5.82 Å². The number of ether oxygens (including phenoxy) is 2. The minimum atomic E-state index is 0.0180. The second-order valence-corrected chi connectivity index (χ2v) is 7.30. The average Bonchev–Trinajstić information content (AvgIpc) is 3.04. The van der Waals surface area contributed by atoms with E-state index in [2.05, 4.69) is 20.2 Å². The quantitative estimate of drug-likeness (QED) is 0.842. The maximum atomic E-state index is 11.8. The van der Waals surface area contributed by atoms with Gasteiger partial charge >= 0.3 is 0 Å². The van der Waals surface area contributed by atoms with Crippen molar-refractivity contribution in [3.05, 3.63) is 12.4 Å². The molecule has 2 aliphatic heterocycles. The molecule has 2 saturated heterocycles. The smallest absolute Gasteiger partial charge is 0.222 e. The number of nitrogens with one attached hydrogen (secondary N) is 1. The number of methoxy groups -OCH3 is 1. The lowest BCUT2D eigenvalue weighted by Gasteiger charge is -2.44. The van der Waals surface area contributed by atoms with Gasteiger partial charge in [-0.1, -0.05) is 13.8 Å². The second kappa shape index (κ2) is 7.56. The zero-order valence-electron chi connectivity index (χ0n) is 15.3. The molecule has 1 N–H and O–H groups in total. The number of hydrogen-bond acceptors (Lipinski definition) is 6. The van der Waals surface area contributed by atoms with E-state index in [9.17, 15) is 4.79 Å². The normalized spacial score (nSPS) is 25.8. The molecule has 1 aromatic rings. The van der Waals surface area contributed by atoms with Crippen molar-refractivity contribution in [1.29, 1.82) is 0 Å². The van der Waals surface area contributed by atoms with E-state index in [1.807, 2.05) is 19.9 Å². The molecule has 2 aliphatic rings. The fourth-order valence-electron chi connectivity index (χ4n) is 3.86. The fourth-order valence-corrected chi connectivity index (χ4v) is 3.86. The van der Waals surface area contributed by atoms with Crippen LogP contribution in [0.5, 0.6) is 5.88 Å². The van der Waals surface area contributed by atoms with Crippen molar-refractivity contribution in [1.82, 2.24) is 15.3 Å². The fraction of sp³-hybridized carbons (Fsp3) is 0.722. The molecule has 2 atom stereocenters. The Kier molecular flexibility index (Phi) is 5.42. The van der Waals surface area contributed by atoms with Crippen molar-refractivity contribution in [3.63, 3.8) is 0 Å². The number of anilines is 1. The molecule has 3 rings (SSSR count). The van der Waals surface area contributed by atoms with Crippen LogP contribution >= 0.6 is 0 Å². The van der Waals surface area contributed by atoms with Crippen molar-refractivity contribution >= 4 is 11.7 Å². The number of carbonyl (C=O) groups excluding carboxylic acids is 1. The summed E-state index contributed by atoms with van der Waals surface area (Å²) in [5.41, 5.74) is 0.0701. The summed E-state index contributed by atoms with van der Waals surface area (Å²) in [5.74, 6) is 1.60. The first-order chi connectivity index (χ1) is 12.0. The van der Waals surface area contributed by atoms with E-state index in [0.717, 1.165) is 44.8 Å². The first kappa shape index (κ1) is 17.9. The molecule has 0 aromatic carbocycles. The number of hydrogen-bond donors (Lipinski definition) is 1. The monoisotopic (exact) mass is 348 g/mol. The number of rotatable bonds is 6. The van der Waals surface area contributed by atoms with Crippen molar-refractivity contribution < 1.29 is 14.3 Å². The Bertz CT molecular complexity index is 610. The molecule has 25 heavy (non-hydrogen) atoms. The molecular formula is C18H28N4O3. The van der Waals surface area contributed by atoms with Gasteiger partial charge < -0.3 is 19.7 Å². The summed E-state index contributed by atoms with van der Waals surface area (Å²) in [5, 5.41) is 3.05.